The van der Waals surface area contributed by atoms with Crippen molar-refractivity contribution >= 4 is 5.97 Å². The van der Waals surface area contributed by atoms with Crippen molar-refractivity contribution in [1.29, 1.82) is 0 Å². The highest BCUT2D eigenvalue weighted by Gasteiger charge is 2.33. The Morgan fingerprint density at radius 2 is 2.06 bits per heavy atom. The van der Waals surface area contributed by atoms with E-state index in [4.69, 9.17) is 9.47 Å². The van der Waals surface area contributed by atoms with Gasteiger partial charge in [-0.1, -0.05) is 6.92 Å². The zero-order chi connectivity index (χ0) is 14.2. The summed E-state index contributed by atoms with van der Waals surface area (Å²) in [6.07, 6.45) is 0.706. The number of ether oxygens (including phenoxy) is 2. The average molecular weight is 260 g/mol. The Kier molecular flexibility index (Phi) is 8.15. The summed E-state index contributed by atoms with van der Waals surface area (Å²) < 4.78 is 9.99. The molecule has 0 heterocycles. The van der Waals surface area contributed by atoms with Crippen LogP contribution in [0.2, 0.25) is 0 Å². The van der Waals surface area contributed by atoms with Gasteiger partial charge in [0, 0.05) is 19.7 Å². The fourth-order valence-corrected chi connectivity index (χ4v) is 1.87. The molecule has 0 radical (unpaired) electrons. The largest absolute Gasteiger partial charge is 0.468 e. The van der Waals surface area contributed by atoms with Crippen LogP contribution in [0.25, 0.3) is 0 Å². The third-order valence-corrected chi connectivity index (χ3v) is 3.33. The Balaban J connectivity index is 4.39. The van der Waals surface area contributed by atoms with Gasteiger partial charge < -0.3 is 19.7 Å². The van der Waals surface area contributed by atoms with E-state index in [0.29, 0.717) is 19.1 Å². The first-order valence-electron chi connectivity index (χ1n) is 6.43. The van der Waals surface area contributed by atoms with Crippen LogP contribution in [0.5, 0.6) is 0 Å². The molecular weight excluding hydrogens is 232 g/mol. The second-order valence-electron chi connectivity index (χ2n) is 4.89. The van der Waals surface area contributed by atoms with Crippen LogP contribution in [-0.4, -0.2) is 63.4 Å². The lowest BCUT2D eigenvalue weighted by Crippen LogP contribution is -2.52. The van der Waals surface area contributed by atoms with E-state index in [2.05, 4.69) is 17.1 Å². The van der Waals surface area contributed by atoms with E-state index in [9.17, 15) is 4.79 Å². The van der Waals surface area contributed by atoms with Gasteiger partial charge in [0.1, 0.15) is 5.54 Å². The first-order chi connectivity index (χ1) is 8.41. The molecule has 18 heavy (non-hydrogen) atoms. The number of nitrogens with one attached hydrogen (secondary N) is 1. The molecule has 0 rings (SSSR count). The predicted octanol–water partition coefficient (Wildman–Crippen LogP) is 0.884. The number of carbonyl (C=O) groups is 1. The van der Waals surface area contributed by atoms with Gasteiger partial charge in [0.15, 0.2) is 0 Å². The summed E-state index contributed by atoms with van der Waals surface area (Å²) in [7, 11) is 5.16. The Hall–Kier alpha value is -0.650. The van der Waals surface area contributed by atoms with Gasteiger partial charge in [0.25, 0.3) is 0 Å². The molecule has 0 saturated carbocycles. The molecular formula is C13H28N2O3. The zero-order valence-electron chi connectivity index (χ0n) is 12.6. The fourth-order valence-electron chi connectivity index (χ4n) is 1.87. The van der Waals surface area contributed by atoms with Crippen molar-refractivity contribution in [3.05, 3.63) is 0 Å². The third kappa shape index (κ3) is 5.33. The quantitative estimate of drug-likeness (QED) is 0.624. The molecule has 5 heteroatoms. The molecule has 2 atom stereocenters. The molecule has 0 aliphatic rings. The molecule has 0 aromatic carbocycles. The SMILES string of the molecule is CCNC(C)(CCN(C)C(C)COC)C(=O)OC. The van der Waals surface area contributed by atoms with Crippen LogP contribution < -0.4 is 5.32 Å². The summed E-state index contributed by atoms with van der Waals surface area (Å²) in [6, 6.07) is 0.332. The minimum absolute atomic E-state index is 0.211. The van der Waals surface area contributed by atoms with Crippen molar-refractivity contribution in [3.63, 3.8) is 0 Å². The van der Waals surface area contributed by atoms with Crippen LogP contribution in [0.3, 0.4) is 0 Å². The smallest absolute Gasteiger partial charge is 0.325 e. The Morgan fingerprint density at radius 1 is 1.44 bits per heavy atom. The number of hydrogen-bond acceptors (Lipinski definition) is 5. The first kappa shape index (κ1) is 17.4. The van der Waals surface area contributed by atoms with Gasteiger partial charge in [-0.3, -0.25) is 4.79 Å². The van der Waals surface area contributed by atoms with Gasteiger partial charge in [-0.25, -0.2) is 0 Å². The van der Waals surface area contributed by atoms with E-state index in [1.54, 1.807) is 7.11 Å². The van der Waals surface area contributed by atoms with Crippen molar-refractivity contribution in [1.82, 2.24) is 10.2 Å². The van der Waals surface area contributed by atoms with Crippen LogP contribution in [0.15, 0.2) is 0 Å². The minimum atomic E-state index is -0.620. The molecule has 0 bridgehead atoms. The van der Waals surface area contributed by atoms with E-state index in [0.717, 1.165) is 13.1 Å². The van der Waals surface area contributed by atoms with Gasteiger partial charge in [0.05, 0.1) is 13.7 Å². The van der Waals surface area contributed by atoms with E-state index in [-0.39, 0.29) is 5.97 Å². The van der Waals surface area contributed by atoms with Crippen molar-refractivity contribution in [3.8, 4) is 0 Å². The monoisotopic (exact) mass is 260 g/mol. The topological polar surface area (TPSA) is 50.8 Å². The molecule has 5 nitrogen and oxygen atoms in total. The van der Waals surface area contributed by atoms with Gasteiger partial charge in [-0.15, -0.1) is 0 Å². The molecule has 0 amide bonds. The Morgan fingerprint density at radius 3 is 2.50 bits per heavy atom. The number of rotatable bonds is 9. The lowest BCUT2D eigenvalue weighted by atomic mass is 9.97. The molecule has 108 valence electrons. The molecule has 0 aliphatic carbocycles. The number of methoxy groups -OCH3 is 2. The highest BCUT2D eigenvalue weighted by atomic mass is 16.5. The summed E-state index contributed by atoms with van der Waals surface area (Å²) in [5, 5.41) is 3.20. The molecule has 1 N–H and O–H groups in total. The number of esters is 1. The second kappa shape index (κ2) is 8.45. The van der Waals surface area contributed by atoms with Gasteiger partial charge in [-0.2, -0.15) is 0 Å². The molecule has 0 aromatic rings. The number of carbonyl (C=O) groups excluding carboxylic acids is 1. The number of nitrogens with zero attached hydrogens (tertiary/aromatic N) is 1. The second-order valence-corrected chi connectivity index (χ2v) is 4.89. The molecule has 2 unspecified atom stereocenters. The summed E-state index contributed by atoms with van der Waals surface area (Å²) in [5.41, 5.74) is -0.620. The Bertz CT molecular complexity index is 248. The fraction of sp³-hybridized carbons (Fsp3) is 0.923. The summed E-state index contributed by atoms with van der Waals surface area (Å²) in [6.45, 7) is 8.21. The van der Waals surface area contributed by atoms with Crippen molar-refractivity contribution in [2.75, 3.05) is 41.0 Å². The maximum Gasteiger partial charge on any atom is 0.325 e. The third-order valence-electron chi connectivity index (χ3n) is 3.33. The normalized spacial score (nSPS) is 16.4. The van der Waals surface area contributed by atoms with Crippen LogP contribution >= 0.6 is 0 Å². The lowest BCUT2D eigenvalue weighted by molar-refractivity contribution is -0.148. The lowest BCUT2D eigenvalue weighted by Gasteiger charge is -2.31. The van der Waals surface area contributed by atoms with Crippen LogP contribution in [0.4, 0.5) is 0 Å². The maximum absolute atomic E-state index is 11.8. The zero-order valence-corrected chi connectivity index (χ0v) is 12.6. The van der Waals surface area contributed by atoms with E-state index in [1.165, 1.54) is 7.11 Å². The summed E-state index contributed by atoms with van der Waals surface area (Å²) >= 11 is 0. The molecule has 0 spiro atoms. The van der Waals surface area contributed by atoms with E-state index >= 15 is 0 Å². The molecule has 0 aliphatic heterocycles. The maximum atomic E-state index is 11.8. The highest BCUT2D eigenvalue weighted by Crippen LogP contribution is 2.13. The van der Waals surface area contributed by atoms with E-state index in [1.807, 2.05) is 20.9 Å². The minimum Gasteiger partial charge on any atom is -0.468 e. The highest BCUT2D eigenvalue weighted by molar-refractivity contribution is 5.80. The predicted molar refractivity (Wildman–Crippen MR) is 72.7 cm³/mol. The Labute approximate surface area is 111 Å². The average Bonchev–Trinajstić information content (AvgIpc) is 2.35. The van der Waals surface area contributed by atoms with Gasteiger partial charge in [-0.05, 0) is 33.9 Å². The summed E-state index contributed by atoms with van der Waals surface area (Å²) in [4.78, 5) is 14.0. The van der Waals surface area contributed by atoms with Crippen molar-refractivity contribution in [2.45, 2.75) is 38.8 Å². The van der Waals surface area contributed by atoms with Crippen LogP contribution in [-0.2, 0) is 14.3 Å². The van der Waals surface area contributed by atoms with Crippen molar-refractivity contribution in [2.24, 2.45) is 0 Å². The van der Waals surface area contributed by atoms with Gasteiger partial charge in [0.2, 0.25) is 0 Å². The van der Waals surface area contributed by atoms with Crippen LogP contribution in [0, 0.1) is 0 Å². The molecule has 0 saturated heterocycles. The van der Waals surface area contributed by atoms with Crippen molar-refractivity contribution < 1.29 is 14.3 Å². The molecule has 0 fully saturated rings. The molecule has 0 aromatic heterocycles. The first-order valence-corrected chi connectivity index (χ1v) is 6.43. The van der Waals surface area contributed by atoms with Crippen LogP contribution in [0.1, 0.15) is 27.2 Å². The number of likely N-dealkylation sites (N-methyl/N-ethyl adjacent to an activating group) is 2. The van der Waals surface area contributed by atoms with Gasteiger partial charge >= 0.3 is 5.97 Å². The summed E-state index contributed by atoms with van der Waals surface area (Å²) in [5.74, 6) is -0.211. The van der Waals surface area contributed by atoms with E-state index < -0.39 is 5.54 Å². The number of hydrogen-bond donors (Lipinski definition) is 1. The standard InChI is InChI=1S/C13H28N2O3/c1-7-14-13(3,12(16)18-6)8-9-15(4)11(2)10-17-5/h11,14H,7-10H2,1-6H3.